The molecule has 17 heavy (non-hydrogen) atoms. The van der Waals surface area contributed by atoms with Crippen LogP contribution in [0.3, 0.4) is 0 Å². The van der Waals surface area contributed by atoms with Crippen molar-refractivity contribution in [2.45, 2.75) is 12.3 Å². The third kappa shape index (κ3) is 3.11. The maximum Gasteiger partial charge on any atom is 0.123 e. The van der Waals surface area contributed by atoms with Crippen LogP contribution in [-0.2, 0) is 6.42 Å². The van der Waals surface area contributed by atoms with Gasteiger partial charge in [-0.15, -0.1) is 0 Å². The van der Waals surface area contributed by atoms with Gasteiger partial charge in [0.1, 0.15) is 5.82 Å². The van der Waals surface area contributed by atoms with Crippen LogP contribution in [0.5, 0.6) is 0 Å². The van der Waals surface area contributed by atoms with Crippen LogP contribution in [0, 0.1) is 5.82 Å². The number of halogens is 1. The Hall–Kier alpha value is -1.74. The van der Waals surface area contributed by atoms with Crippen molar-refractivity contribution >= 4 is 0 Å². The molecule has 1 atom stereocenters. The van der Waals surface area contributed by atoms with E-state index in [0.717, 1.165) is 11.1 Å². The molecule has 0 bridgehead atoms. The van der Waals surface area contributed by atoms with Crippen LogP contribution in [0.1, 0.15) is 17.0 Å². The number of nitrogens with zero attached hydrogens (tertiary/aromatic N) is 1. The summed E-state index contributed by atoms with van der Waals surface area (Å²) in [5, 5.41) is 9.39. The smallest absolute Gasteiger partial charge is 0.123 e. The van der Waals surface area contributed by atoms with Gasteiger partial charge >= 0.3 is 0 Å². The molecule has 2 nitrogen and oxygen atoms in total. The van der Waals surface area contributed by atoms with Crippen LogP contribution in [0.2, 0.25) is 0 Å². The summed E-state index contributed by atoms with van der Waals surface area (Å²) in [6, 6.07) is 10.2. The van der Waals surface area contributed by atoms with E-state index in [2.05, 4.69) is 4.98 Å². The Morgan fingerprint density at radius 2 is 1.94 bits per heavy atom. The molecule has 0 saturated carbocycles. The zero-order chi connectivity index (χ0) is 12.1. The van der Waals surface area contributed by atoms with Crippen molar-refractivity contribution in [2.75, 3.05) is 6.61 Å². The number of pyridine rings is 1. The van der Waals surface area contributed by atoms with E-state index in [1.165, 1.54) is 12.1 Å². The van der Waals surface area contributed by atoms with Gasteiger partial charge in [-0.25, -0.2) is 4.39 Å². The highest BCUT2D eigenvalue weighted by Gasteiger charge is 2.11. The van der Waals surface area contributed by atoms with Crippen LogP contribution < -0.4 is 0 Å². The molecule has 1 unspecified atom stereocenters. The van der Waals surface area contributed by atoms with Crippen LogP contribution in [-0.4, -0.2) is 16.7 Å². The minimum absolute atomic E-state index is 0.00573. The summed E-state index contributed by atoms with van der Waals surface area (Å²) in [5.41, 5.74) is 1.91. The van der Waals surface area contributed by atoms with E-state index in [9.17, 15) is 9.50 Å². The van der Waals surface area contributed by atoms with E-state index in [4.69, 9.17) is 0 Å². The number of hydrogen-bond acceptors (Lipinski definition) is 2. The summed E-state index contributed by atoms with van der Waals surface area (Å²) in [4.78, 5) is 3.94. The highest BCUT2D eigenvalue weighted by molar-refractivity contribution is 5.24. The third-order valence-electron chi connectivity index (χ3n) is 2.77. The van der Waals surface area contributed by atoms with Gasteiger partial charge in [-0.2, -0.15) is 0 Å². The molecule has 1 aromatic carbocycles. The average molecular weight is 231 g/mol. The molecule has 0 aliphatic heterocycles. The number of rotatable bonds is 4. The van der Waals surface area contributed by atoms with Gasteiger partial charge in [-0.1, -0.05) is 12.1 Å². The van der Waals surface area contributed by atoms with Crippen molar-refractivity contribution in [3.63, 3.8) is 0 Å². The van der Waals surface area contributed by atoms with Gasteiger partial charge in [-0.05, 0) is 41.8 Å². The lowest BCUT2D eigenvalue weighted by atomic mass is 9.93. The molecule has 88 valence electrons. The quantitative estimate of drug-likeness (QED) is 0.877. The van der Waals surface area contributed by atoms with Gasteiger partial charge in [0.2, 0.25) is 0 Å². The van der Waals surface area contributed by atoms with E-state index in [1.807, 2.05) is 18.2 Å². The molecule has 1 N–H and O–H groups in total. The van der Waals surface area contributed by atoms with E-state index in [-0.39, 0.29) is 18.3 Å². The van der Waals surface area contributed by atoms with Gasteiger partial charge in [-0.3, -0.25) is 4.98 Å². The molecule has 0 amide bonds. The predicted molar refractivity (Wildman–Crippen MR) is 64.2 cm³/mol. The first kappa shape index (κ1) is 11.7. The van der Waals surface area contributed by atoms with Gasteiger partial charge in [0.15, 0.2) is 0 Å². The van der Waals surface area contributed by atoms with Crippen LogP contribution in [0.25, 0.3) is 0 Å². The first-order chi connectivity index (χ1) is 8.29. The predicted octanol–water partition coefficient (Wildman–Crippen LogP) is 2.54. The first-order valence-electron chi connectivity index (χ1n) is 5.55. The Morgan fingerprint density at radius 1 is 1.18 bits per heavy atom. The first-order valence-corrected chi connectivity index (χ1v) is 5.55. The molecule has 0 aliphatic rings. The standard InChI is InChI=1S/C14H14FNO/c15-14-3-1-2-12(9-14)13(10-17)8-11-4-6-16-7-5-11/h1-7,9,13,17H,8,10H2. The maximum atomic E-state index is 13.1. The lowest BCUT2D eigenvalue weighted by molar-refractivity contribution is 0.264. The zero-order valence-corrected chi connectivity index (χ0v) is 9.38. The van der Waals surface area contributed by atoms with Crippen molar-refractivity contribution in [1.82, 2.24) is 4.98 Å². The van der Waals surface area contributed by atoms with E-state index >= 15 is 0 Å². The van der Waals surface area contributed by atoms with Crippen molar-refractivity contribution in [2.24, 2.45) is 0 Å². The number of aromatic nitrogens is 1. The Kier molecular flexibility index (Phi) is 3.83. The fourth-order valence-electron chi connectivity index (χ4n) is 1.85. The molecule has 0 fully saturated rings. The Balaban J connectivity index is 2.17. The fourth-order valence-corrected chi connectivity index (χ4v) is 1.85. The van der Waals surface area contributed by atoms with E-state index in [1.54, 1.807) is 18.5 Å². The molecule has 0 aliphatic carbocycles. The van der Waals surface area contributed by atoms with Crippen molar-refractivity contribution in [1.29, 1.82) is 0 Å². The normalized spacial score (nSPS) is 12.4. The average Bonchev–Trinajstić information content (AvgIpc) is 2.37. The number of aliphatic hydroxyl groups is 1. The summed E-state index contributed by atoms with van der Waals surface area (Å²) in [5.74, 6) is -0.344. The van der Waals surface area contributed by atoms with Crippen LogP contribution in [0.4, 0.5) is 4.39 Å². The molecule has 1 heterocycles. The summed E-state index contributed by atoms with van der Waals surface area (Å²) in [6.07, 6.45) is 4.12. The van der Waals surface area contributed by atoms with Crippen molar-refractivity contribution < 1.29 is 9.50 Å². The molecule has 1 aromatic heterocycles. The zero-order valence-electron chi connectivity index (χ0n) is 9.38. The van der Waals surface area contributed by atoms with E-state index in [0.29, 0.717) is 6.42 Å². The summed E-state index contributed by atoms with van der Waals surface area (Å²) < 4.78 is 13.1. The second-order valence-electron chi connectivity index (χ2n) is 3.99. The molecule has 0 radical (unpaired) electrons. The van der Waals surface area contributed by atoms with Crippen LogP contribution >= 0.6 is 0 Å². The van der Waals surface area contributed by atoms with Crippen molar-refractivity contribution in [3.8, 4) is 0 Å². The SMILES string of the molecule is OCC(Cc1ccncc1)c1cccc(F)c1. The van der Waals surface area contributed by atoms with Gasteiger partial charge in [0.25, 0.3) is 0 Å². The maximum absolute atomic E-state index is 13.1. The number of hydrogen-bond donors (Lipinski definition) is 1. The molecule has 0 saturated heterocycles. The highest BCUT2D eigenvalue weighted by atomic mass is 19.1. The summed E-state index contributed by atoms with van der Waals surface area (Å²) >= 11 is 0. The van der Waals surface area contributed by atoms with E-state index < -0.39 is 0 Å². The minimum atomic E-state index is -0.268. The molecule has 0 spiro atoms. The Morgan fingerprint density at radius 3 is 2.59 bits per heavy atom. The monoisotopic (exact) mass is 231 g/mol. The molecule has 3 heteroatoms. The minimum Gasteiger partial charge on any atom is -0.396 e. The van der Waals surface area contributed by atoms with Gasteiger partial charge in [0.05, 0.1) is 6.61 Å². The van der Waals surface area contributed by atoms with Crippen LogP contribution in [0.15, 0.2) is 48.8 Å². The van der Waals surface area contributed by atoms with Gasteiger partial charge < -0.3 is 5.11 Å². The van der Waals surface area contributed by atoms with Crippen molar-refractivity contribution in [3.05, 3.63) is 65.7 Å². The second-order valence-corrected chi connectivity index (χ2v) is 3.99. The number of aliphatic hydroxyl groups excluding tert-OH is 1. The lowest BCUT2D eigenvalue weighted by Gasteiger charge is -2.14. The third-order valence-corrected chi connectivity index (χ3v) is 2.77. The molecular weight excluding hydrogens is 217 g/mol. The lowest BCUT2D eigenvalue weighted by Crippen LogP contribution is -2.08. The fraction of sp³-hybridized carbons (Fsp3) is 0.214. The summed E-state index contributed by atoms with van der Waals surface area (Å²) in [6.45, 7) is 0.00573. The number of benzene rings is 1. The Labute approximate surface area is 99.8 Å². The van der Waals surface area contributed by atoms with Gasteiger partial charge in [0, 0.05) is 18.3 Å². The highest BCUT2D eigenvalue weighted by Crippen LogP contribution is 2.20. The molecular formula is C14H14FNO. The Bertz CT molecular complexity index is 473. The second kappa shape index (κ2) is 5.55. The molecule has 2 rings (SSSR count). The molecule has 2 aromatic rings. The summed E-state index contributed by atoms with van der Waals surface area (Å²) in [7, 11) is 0. The largest absolute Gasteiger partial charge is 0.396 e. The topological polar surface area (TPSA) is 33.1 Å².